The molecule has 0 radical (unpaired) electrons. The predicted molar refractivity (Wildman–Crippen MR) is 78.9 cm³/mol. The zero-order valence-corrected chi connectivity index (χ0v) is 13.2. The fraction of sp³-hybridized carbons (Fsp3) is 0.692. The molecule has 19 heavy (non-hydrogen) atoms. The van der Waals surface area contributed by atoms with E-state index in [-0.39, 0.29) is 0 Å². The Bertz CT molecular complexity index is 510. The molecule has 0 saturated carbocycles. The summed E-state index contributed by atoms with van der Waals surface area (Å²) in [6, 6.07) is 1.81. The second-order valence-electron chi connectivity index (χ2n) is 4.96. The Labute approximate surface area is 119 Å². The Morgan fingerprint density at radius 1 is 1.47 bits per heavy atom. The molecule has 1 aromatic heterocycles. The molecule has 1 aliphatic rings. The molecule has 1 aliphatic heterocycles. The summed E-state index contributed by atoms with van der Waals surface area (Å²) in [7, 11) is -3.27. The fourth-order valence-corrected chi connectivity index (χ4v) is 5.10. The Hall–Kier alpha value is -0.430. The second kappa shape index (κ2) is 6.35. The lowest BCUT2D eigenvalue weighted by molar-refractivity contribution is 0.453. The molecule has 1 N–H and O–H groups in total. The fourth-order valence-electron chi connectivity index (χ4n) is 2.33. The van der Waals surface area contributed by atoms with Crippen molar-refractivity contribution >= 4 is 21.4 Å². The average Bonchev–Trinajstić information content (AvgIpc) is 3.05. The lowest BCUT2D eigenvalue weighted by atomic mass is 10.1. The van der Waals surface area contributed by atoms with E-state index in [2.05, 4.69) is 12.2 Å². The van der Waals surface area contributed by atoms with Gasteiger partial charge < -0.3 is 5.32 Å². The van der Waals surface area contributed by atoms with E-state index < -0.39 is 10.0 Å². The van der Waals surface area contributed by atoms with Gasteiger partial charge in [0.15, 0.2) is 0 Å². The molecule has 108 valence electrons. The van der Waals surface area contributed by atoms with Crippen LogP contribution < -0.4 is 5.32 Å². The van der Waals surface area contributed by atoms with Crippen LogP contribution >= 0.6 is 11.3 Å². The van der Waals surface area contributed by atoms with Crippen LogP contribution in [0.4, 0.5) is 0 Å². The first-order chi connectivity index (χ1) is 9.07. The second-order valence-corrected chi connectivity index (χ2v) is 7.89. The van der Waals surface area contributed by atoms with Crippen molar-refractivity contribution in [3.05, 3.63) is 16.3 Å². The van der Waals surface area contributed by atoms with E-state index >= 15 is 0 Å². The lowest BCUT2D eigenvalue weighted by Crippen LogP contribution is -2.28. The van der Waals surface area contributed by atoms with Crippen LogP contribution in [0.25, 0.3) is 0 Å². The third kappa shape index (κ3) is 3.37. The number of rotatable bonds is 6. The molecule has 1 fully saturated rings. The van der Waals surface area contributed by atoms with E-state index in [1.54, 1.807) is 9.69 Å². The van der Waals surface area contributed by atoms with Crippen LogP contribution in [0, 0.1) is 5.92 Å². The summed E-state index contributed by atoms with van der Waals surface area (Å²) in [5.41, 5.74) is 0. The Balaban J connectivity index is 2.09. The summed E-state index contributed by atoms with van der Waals surface area (Å²) in [5, 5.41) is 4.98. The predicted octanol–water partition coefficient (Wildman–Crippen LogP) is 2.28. The molecule has 1 unspecified atom stereocenters. The van der Waals surface area contributed by atoms with Crippen molar-refractivity contribution in [3.8, 4) is 0 Å². The summed E-state index contributed by atoms with van der Waals surface area (Å²) in [6.45, 7) is 7.15. The molecule has 0 aliphatic carbocycles. The number of hydrogen-bond donors (Lipinski definition) is 1. The largest absolute Gasteiger partial charge is 0.312 e. The molecule has 1 aromatic rings. The van der Waals surface area contributed by atoms with Gasteiger partial charge in [-0.1, -0.05) is 20.3 Å². The third-order valence-corrected chi connectivity index (χ3v) is 6.57. The first-order valence-electron chi connectivity index (χ1n) is 6.86. The summed E-state index contributed by atoms with van der Waals surface area (Å²) in [4.78, 5) is 1.54. The van der Waals surface area contributed by atoms with E-state index in [0.717, 1.165) is 30.8 Å². The van der Waals surface area contributed by atoms with Crippen molar-refractivity contribution < 1.29 is 8.42 Å². The minimum atomic E-state index is -3.27. The van der Waals surface area contributed by atoms with E-state index in [1.807, 2.05) is 13.0 Å². The maximum absolute atomic E-state index is 12.5. The van der Waals surface area contributed by atoms with Gasteiger partial charge in [-0.15, -0.1) is 11.3 Å². The number of hydrogen-bond acceptors (Lipinski definition) is 4. The average molecular weight is 302 g/mol. The summed E-state index contributed by atoms with van der Waals surface area (Å²) in [6.07, 6.45) is 2.05. The highest BCUT2D eigenvalue weighted by Crippen LogP contribution is 2.28. The van der Waals surface area contributed by atoms with Crippen LogP contribution in [-0.4, -0.2) is 32.4 Å². The van der Waals surface area contributed by atoms with Crippen LogP contribution in [0.5, 0.6) is 0 Å². The monoisotopic (exact) mass is 302 g/mol. The molecule has 6 heteroatoms. The van der Waals surface area contributed by atoms with Crippen molar-refractivity contribution in [1.82, 2.24) is 9.62 Å². The normalized spacial score (nSPS) is 21.1. The SMILES string of the molecule is CCNCc1cc(S(=O)(=O)N2CCC(CC)C2)cs1. The van der Waals surface area contributed by atoms with Gasteiger partial charge in [-0.2, -0.15) is 4.31 Å². The van der Waals surface area contributed by atoms with E-state index in [4.69, 9.17) is 0 Å². The van der Waals surface area contributed by atoms with E-state index in [0.29, 0.717) is 23.9 Å². The highest BCUT2D eigenvalue weighted by molar-refractivity contribution is 7.89. The van der Waals surface area contributed by atoms with Crippen LogP contribution in [0.2, 0.25) is 0 Å². The van der Waals surface area contributed by atoms with Gasteiger partial charge in [-0.3, -0.25) is 0 Å². The summed E-state index contributed by atoms with van der Waals surface area (Å²) < 4.78 is 26.6. The van der Waals surface area contributed by atoms with Gasteiger partial charge in [0.05, 0.1) is 4.90 Å². The Morgan fingerprint density at radius 3 is 2.89 bits per heavy atom. The zero-order chi connectivity index (χ0) is 13.9. The standard InChI is InChI=1S/C13H22N2O2S2/c1-3-11-5-6-15(9-11)19(16,17)13-7-12(18-10-13)8-14-4-2/h7,10-11,14H,3-6,8-9H2,1-2H3. The number of nitrogens with one attached hydrogen (secondary N) is 1. The van der Waals surface area contributed by atoms with Crippen LogP contribution in [0.1, 0.15) is 31.6 Å². The molecule has 4 nitrogen and oxygen atoms in total. The van der Waals surface area contributed by atoms with Crippen LogP contribution in [0.15, 0.2) is 16.3 Å². The maximum atomic E-state index is 12.5. The van der Waals surface area contributed by atoms with Gasteiger partial charge in [0, 0.05) is 29.9 Å². The van der Waals surface area contributed by atoms with Gasteiger partial charge in [0.25, 0.3) is 0 Å². The van der Waals surface area contributed by atoms with Crippen LogP contribution in [-0.2, 0) is 16.6 Å². The molecular weight excluding hydrogens is 280 g/mol. The van der Waals surface area contributed by atoms with Gasteiger partial charge in [-0.05, 0) is 24.9 Å². The highest BCUT2D eigenvalue weighted by Gasteiger charge is 2.32. The molecule has 1 atom stereocenters. The Kier molecular flexibility index (Phi) is 5.00. The Morgan fingerprint density at radius 2 is 2.26 bits per heavy atom. The smallest absolute Gasteiger partial charge is 0.243 e. The minimum Gasteiger partial charge on any atom is -0.312 e. The third-order valence-electron chi connectivity index (χ3n) is 3.64. The zero-order valence-electron chi connectivity index (χ0n) is 11.6. The van der Waals surface area contributed by atoms with Crippen LogP contribution in [0.3, 0.4) is 0 Å². The number of sulfonamides is 1. The molecule has 0 aromatic carbocycles. The molecule has 0 spiro atoms. The summed E-state index contributed by atoms with van der Waals surface area (Å²) >= 11 is 1.51. The molecule has 0 amide bonds. The number of thiophene rings is 1. The molecule has 2 rings (SSSR count). The minimum absolute atomic E-state index is 0.460. The van der Waals surface area contributed by atoms with Crippen molar-refractivity contribution in [2.75, 3.05) is 19.6 Å². The maximum Gasteiger partial charge on any atom is 0.243 e. The van der Waals surface area contributed by atoms with Gasteiger partial charge in [0.1, 0.15) is 0 Å². The van der Waals surface area contributed by atoms with Gasteiger partial charge in [0.2, 0.25) is 10.0 Å². The molecular formula is C13H22N2O2S2. The van der Waals surface area contributed by atoms with E-state index in [1.165, 1.54) is 11.3 Å². The first kappa shape index (κ1) is 15.0. The highest BCUT2D eigenvalue weighted by atomic mass is 32.2. The van der Waals surface area contributed by atoms with E-state index in [9.17, 15) is 8.42 Å². The molecule has 1 saturated heterocycles. The van der Waals surface area contributed by atoms with Crippen molar-refractivity contribution in [2.45, 2.75) is 38.1 Å². The molecule has 2 heterocycles. The first-order valence-corrected chi connectivity index (χ1v) is 9.18. The van der Waals surface area contributed by atoms with Crippen molar-refractivity contribution in [3.63, 3.8) is 0 Å². The lowest BCUT2D eigenvalue weighted by Gasteiger charge is -2.15. The number of nitrogens with zero attached hydrogens (tertiary/aromatic N) is 1. The summed E-state index contributed by atoms with van der Waals surface area (Å²) in [5.74, 6) is 0.523. The quantitative estimate of drug-likeness (QED) is 0.877. The van der Waals surface area contributed by atoms with Gasteiger partial charge in [-0.25, -0.2) is 8.42 Å². The molecule has 0 bridgehead atoms. The van der Waals surface area contributed by atoms with Gasteiger partial charge >= 0.3 is 0 Å². The van der Waals surface area contributed by atoms with Crippen molar-refractivity contribution in [2.24, 2.45) is 5.92 Å². The van der Waals surface area contributed by atoms with Crippen molar-refractivity contribution in [1.29, 1.82) is 0 Å². The topological polar surface area (TPSA) is 49.4 Å².